The summed E-state index contributed by atoms with van der Waals surface area (Å²) in [5.41, 5.74) is 1.52. The summed E-state index contributed by atoms with van der Waals surface area (Å²) in [5, 5.41) is 16.5. The number of nitrogens with zero attached hydrogens (tertiary/aromatic N) is 3. The van der Waals surface area contributed by atoms with Crippen molar-refractivity contribution in [3.63, 3.8) is 0 Å². The SMILES string of the molecule is CCOc1ccc(-n2cc(CCC(=O)O)nn2)cc1. The molecule has 2 aromatic rings. The van der Waals surface area contributed by atoms with Gasteiger partial charge in [-0.25, -0.2) is 4.68 Å². The average Bonchev–Trinajstić information content (AvgIpc) is 2.86. The molecule has 0 spiro atoms. The fraction of sp³-hybridized carbons (Fsp3) is 0.308. The Bertz CT molecular complexity index is 549. The van der Waals surface area contributed by atoms with E-state index in [9.17, 15) is 4.79 Å². The minimum Gasteiger partial charge on any atom is -0.494 e. The third kappa shape index (κ3) is 3.54. The van der Waals surface area contributed by atoms with Crippen molar-refractivity contribution in [1.82, 2.24) is 15.0 Å². The fourth-order valence-electron chi connectivity index (χ4n) is 1.64. The van der Waals surface area contributed by atoms with Gasteiger partial charge in [-0.05, 0) is 31.2 Å². The van der Waals surface area contributed by atoms with E-state index in [4.69, 9.17) is 9.84 Å². The van der Waals surface area contributed by atoms with Gasteiger partial charge < -0.3 is 9.84 Å². The van der Waals surface area contributed by atoms with Gasteiger partial charge in [-0.2, -0.15) is 0 Å². The predicted molar refractivity (Wildman–Crippen MR) is 68.5 cm³/mol. The first-order valence-electron chi connectivity index (χ1n) is 6.05. The molecule has 0 saturated carbocycles. The van der Waals surface area contributed by atoms with Crippen LogP contribution >= 0.6 is 0 Å². The van der Waals surface area contributed by atoms with E-state index in [-0.39, 0.29) is 6.42 Å². The lowest BCUT2D eigenvalue weighted by atomic mass is 10.2. The van der Waals surface area contributed by atoms with Gasteiger partial charge in [0.25, 0.3) is 0 Å². The minimum absolute atomic E-state index is 0.0575. The van der Waals surface area contributed by atoms with Crippen LogP contribution in [0.2, 0.25) is 0 Å². The number of carbonyl (C=O) groups is 1. The maximum atomic E-state index is 10.5. The number of hydrogen-bond acceptors (Lipinski definition) is 4. The highest BCUT2D eigenvalue weighted by atomic mass is 16.5. The Morgan fingerprint density at radius 3 is 2.74 bits per heavy atom. The van der Waals surface area contributed by atoms with Gasteiger partial charge in [0.05, 0.1) is 30.6 Å². The topological polar surface area (TPSA) is 77.2 Å². The van der Waals surface area contributed by atoms with Gasteiger partial charge in [-0.15, -0.1) is 5.10 Å². The van der Waals surface area contributed by atoms with Gasteiger partial charge in [-0.3, -0.25) is 4.79 Å². The number of aliphatic carboxylic acids is 1. The van der Waals surface area contributed by atoms with Crippen LogP contribution in [-0.2, 0) is 11.2 Å². The number of ether oxygens (including phenoxy) is 1. The van der Waals surface area contributed by atoms with Gasteiger partial charge in [-0.1, -0.05) is 5.21 Å². The lowest BCUT2D eigenvalue weighted by Gasteiger charge is -2.04. The van der Waals surface area contributed by atoms with Gasteiger partial charge >= 0.3 is 5.97 Å². The van der Waals surface area contributed by atoms with Crippen molar-refractivity contribution in [2.24, 2.45) is 0 Å². The molecule has 0 unspecified atom stereocenters. The predicted octanol–water partition coefficient (Wildman–Crippen LogP) is 1.68. The van der Waals surface area contributed by atoms with E-state index < -0.39 is 5.97 Å². The Morgan fingerprint density at radius 2 is 2.11 bits per heavy atom. The first-order valence-corrected chi connectivity index (χ1v) is 6.05. The number of benzene rings is 1. The molecule has 0 radical (unpaired) electrons. The van der Waals surface area contributed by atoms with Crippen LogP contribution in [0.4, 0.5) is 0 Å². The van der Waals surface area contributed by atoms with Crippen LogP contribution in [0.15, 0.2) is 30.5 Å². The number of carboxylic acids is 1. The molecule has 0 aliphatic heterocycles. The van der Waals surface area contributed by atoms with Crippen molar-refractivity contribution in [3.05, 3.63) is 36.2 Å². The van der Waals surface area contributed by atoms with E-state index in [1.165, 1.54) is 0 Å². The van der Waals surface area contributed by atoms with E-state index in [0.29, 0.717) is 18.7 Å². The van der Waals surface area contributed by atoms with Crippen LogP contribution in [0.25, 0.3) is 5.69 Å². The molecule has 1 aromatic heterocycles. The van der Waals surface area contributed by atoms with E-state index in [1.807, 2.05) is 31.2 Å². The van der Waals surface area contributed by atoms with Crippen molar-refractivity contribution in [1.29, 1.82) is 0 Å². The van der Waals surface area contributed by atoms with E-state index >= 15 is 0 Å². The number of rotatable bonds is 6. The molecule has 0 bridgehead atoms. The molecule has 100 valence electrons. The van der Waals surface area contributed by atoms with Gasteiger partial charge in [0.15, 0.2) is 0 Å². The molecular weight excluding hydrogens is 246 g/mol. The van der Waals surface area contributed by atoms with Crippen LogP contribution in [0.5, 0.6) is 5.75 Å². The molecule has 1 N–H and O–H groups in total. The number of hydrogen-bond donors (Lipinski definition) is 1. The zero-order chi connectivity index (χ0) is 13.7. The van der Waals surface area contributed by atoms with Crippen molar-refractivity contribution >= 4 is 5.97 Å². The first kappa shape index (κ1) is 13.1. The summed E-state index contributed by atoms with van der Waals surface area (Å²) in [7, 11) is 0. The summed E-state index contributed by atoms with van der Waals surface area (Å²) < 4.78 is 6.97. The summed E-state index contributed by atoms with van der Waals surface area (Å²) in [6.45, 7) is 2.56. The smallest absolute Gasteiger partial charge is 0.303 e. The largest absolute Gasteiger partial charge is 0.494 e. The Balaban J connectivity index is 2.07. The highest BCUT2D eigenvalue weighted by Crippen LogP contribution is 2.15. The van der Waals surface area contributed by atoms with Gasteiger partial charge in [0.2, 0.25) is 0 Å². The Hall–Kier alpha value is -2.37. The summed E-state index contributed by atoms with van der Waals surface area (Å²) in [6.07, 6.45) is 2.17. The van der Waals surface area contributed by atoms with Gasteiger partial charge in [0, 0.05) is 6.42 Å². The molecule has 0 atom stereocenters. The van der Waals surface area contributed by atoms with Crippen molar-refractivity contribution in [2.45, 2.75) is 19.8 Å². The molecule has 6 heteroatoms. The molecule has 0 fully saturated rings. The molecule has 1 aromatic carbocycles. The van der Waals surface area contributed by atoms with E-state index in [2.05, 4.69) is 10.3 Å². The molecule has 0 aliphatic rings. The molecular formula is C13H15N3O3. The highest BCUT2D eigenvalue weighted by molar-refractivity contribution is 5.66. The zero-order valence-corrected chi connectivity index (χ0v) is 10.6. The monoisotopic (exact) mass is 261 g/mol. The number of aromatic nitrogens is 3. The van der Waals surface area contributed by atoms with Crippen molar-refractivity contribution in [3.8, 4) is 11.4 Å². The lowest BCUT2D eigenvalue weighted by molar-refractivity contribution is -0.136. The van der Waals surface area contributed by atoms with E-state index in [1.54, 1.807) is 10.9 Å². The molecule has 6 nitrogen and oxygen atoms in total. The molecule has 1 heterocycles. The van der Waals surface area contributed by atoms with Crippen LogP contribution in [0, 0.1) is 0 Å². The molecule has 0 amide bonds. The fourth-order valence-corrected chi connectivity index (χ4v) is 1.64. The Morgan fingerprint density at radius 1 is 1.37 bits per heavy atom. The standard InChI is InChI=1S/C13H15N3O3/c1-2-19-12-6-4-11(5-7-12)16-9-10(14-15-16)3-8-13(17)18/h4-7,9H,2-3,8H2,1H3,(H,17,18). The van der Waals surface area contributed by atoms with Crippen LogP contribution in [0.1, 0.15) is 19.0 Å². The molecule has 0 aliphatic carbocycles. The van der Waals surface area contributed by atoms with Crippen molar-refractivity contribution < 1.29 is 14.6 Å². The average molecular weight is 261 g/mol. The quantitative estimate of drug-likeness (QED) is 0.856. The molecule has 0 saturated heterocycles. The highest BCUT2D eigenvalue weighted by Gasteiger charge is 2.05. The molecule has 19 heavy (non-hydrogen) atoms. The van der Waals surface area contributed by atoms with Gasteiger partial charge in [0.1, 0.15) is 5.75 Å². The Labute approximate surface area is 110 Å². The zero-order valence-electron chi connectivity index (χ0n) is 10.6. The number of aryl methyl sites for hydroxylation is 1. The summed E-state index contributed by atoms with van der Waals surface area (Å²) >= 11 is 0. The first-order chi connectivity index (χ1) is 9.19. The van der Waals surface area contributed by atoms with Crippen molar-refractivity contribution in [2.75, 3.05) is 6.61 Å². The summed E-state index contributed by atoms with van der Waals surface area (Å²) in [4.78, 5) is 10.5. The second-order valence-corrected chi connectivity index (χ2v) is 3.98. The van der Waals surface area contributed by atoms with Crippen LogP contribution in [0.3, 0.4) is 0 Å². The summed E-state index contributed by atoms with van der Waals surface area (Å²) in [5.74, 6) is -0.0342. The third-order valence-corrected chi connectivity index (χ3v) is 2.55. The van der Waals surface area contributed by atoms with Crippen LogP contribution in [-0.4, -0.2) is 32.7 Å². The maximum absolute atomic E-state index is 10.5. The Kier molecular flexibility index (Phi) is 4.12. The third-order valence-electron chi connectivity index (χ3n) is 2.55. The number of carboxylic acid groups (broad SMARTS) is 1. The second-order valence-electron chi connectivity index (χ2n) is 3.98. The lowest BCUT2D eigenvalue weighted by Crippen LogP contribution is -1.97. The maximum Gasteiger partial charge on any atom is 0.303 e. The minimum atomic E-state index is -0.837. The van der Waals surface area contributed by atoms with E-state index in [0.717, 1.165) is 11.4 Å². The molecule has 2 rings (SSSR count). The second kappa shape index (κ2) is 5.99. The van der Waals surface area contributed by atoms with Crippen LogP contribution < -0.4 is 4.74 Å². The summed E-state index contributed by atoms with van der Waals surface area (Å²) in [6, 6.07) is 7.47. The normalized spacial score (nSPS) is 10.4.